The van der Waals surface area contributed by atoms with E-state index < -0.39 is 0 Å². The van der Waals surface area contributed by atoms with Crippen LogP contribution in [0.15, 0.2) is 12.4 Å². The minimum absolute atomic E-state index is 0.0469. The van der Waals surface area contributed by atoms with Crippen molar-refractivity contribution in [3.63, 3.8) is 0 Å². The minimum atomic E-state index is -0.249. The van der Waals surface area contributed by atoms with Gasteiger partial charge in [0.05, 0.1) is 5.69 Å². The zero-order valence-electron chi connectivity index (χ0n) is 9.01. The molecular weight excluding hydrogens is 240 g/mol. The molecule has 0 fully saturated rings. The Morgan fingerprint density at radius 1 is 1.47 bits per heavy atom. The lowest BCUT2D eigenvalue weighted by Gasteiger charge is -2.01. The number of anilines is 1. The third-order valence-corrected chi connectivity index (χ3v) is 3.29. The summed E-state index contributed by atoms with van der Waals surface area (Å²) < 4.78 is 0. The van der Waals surface area contributed by atoms with Crippen LogP contribution in [0.3, 0.4) is 0 Å². The number of amides is 1. The first-order valence-electron chi connectivity index (χ1n) is 5.12. The van der Waals surface area contributed by atoms with Gasteiger partial charge in [-0.3, -0.25) is 4.79 Å². The number of hydrogen-bond acceptors (Lipinski definition) is 6. The van der Waals surface area contributed by atoms with E-state index in [1.54, 1.807) is 12.4 Å². The Kier molecular flexibility index (Phi) is 3.50. The second kappa shape index (κ2) is 5.07. The maximum absolute atomic E-state index is 11.8. The first-order chi connectivity index (χ1) is 8.24. The van der Waals surface area contributed by atoms with Gasteiger partial charge in [0.1, 0.15) is 15.2 Å². The maximum Gasteiger partial charge on any atom is 0.263 e. The van der Waals surface area contributed by atoms with E-state index in [9.17, 15) is 4.79 Å². The van der Waals surface area contributed by atoms with Crippen molar-refractivity contribution in [3.8, 4) is 0 Å². The normalized spacial score (nSPS) is 10.6. The van der Waals surface area contributed by atoms with Crippen LogP contribution < -0.4 is 11.1 Å². The average Bonchev–Trinajstić information content (AvgIpc) is 2.68. The van der Waals surface area contributed by atoms with E-state index in [1.165, 1.54) is 11.3 Å². The largest absolute Gasteiger partial charge is 0.396 e. The lowest BCUT2D eigenvalue weighted by atomic mass is 10.3. The molecule has 0 aromatic carbocycles. The summed E-state index contributed by atoms with van der Waals surface area (Å²) in [5.74, 6) is -0.249. The number of rotatable bonds is 4. The number of carbonyl (C=O) groups excluding carboxylic acids is 1. The molecule has 0 saturated carbocycles. The van der Waals surface area contributed by atoms with Gasteiger partial charge in [0.2, 0.25) is 0 Å². The van der Waals surface area contributed by atoms with Gasteiger partial charge in [-0.25, -0.2) is 9.97 Å². The molecule has 0 spiro atoms. The van der Waals surface area contributed by atoms with Crippen LogP contribution in [-0.2, 0) is 0 Å². The molecule has 0 aliphatic rings. The Balaban J connectivity index is 2.23. The number of aromatic nitrogens is 2. The number of nitrogens with one attached hydrogen (secondary N) is 1. The first kappa shape index (κ1) is 11.7. The standard InChI is InChI=1S/C10H12N4O2S/c11-6-7-10(14-4-3-12-7)17-8(6)9(16)13-2-1-5-15/h3-4,15H,1-2,5,11H2,(H,13,16). The van der Waals surface area contributed by atoms with E-state index in [4.69, 9.17) is 10.8 Å². The Labute approximate surface area is 101 Å². The zero-order valence-corrected chi connectivity index (χ0v) is 9.83. The van der Waals surface area contributed by atoms with Crippen LogP contribution in [0.5, 0.6) is 0 Å². The van der Waals surface area contributed by atoms with Crippen molar-refractivity contribution in [2.24, 2.45) is 0 Å². The highest BCUT2D eigenvalue weighted by molar-refractivity contribution is 7.21. The monoisotopic (exact) mass is 252 g/mol. The molecule has 7 heteroatoms. The average molecular weight is 252 g/mol. The molecule has 0 aliphatic carbocycles. The van der Waals surface area contributed by atoms with Crippen molar-refractivity contribution >= 4 is 33.3 Å². The molecule has 0 aliphatic heterocycles. The van der Waals surface area contributed by atoms with Gasteiger partial charge in [0, 0.05) is 25.5 Å². The molecule has 0 saturated heterocycles. The molecule has 2 aromatic heterocycles. The summed E-state index contributed by atoms with van der Waals surface area (Å²) in [7, 11) is 0. The second-order valence-corrected chi connectivity index (χ2v) is 4.39. The summed E-state index contributed by atoms with van der Waals surface area (Å²) in [6.07, 6.45) is 3.62. The number of nitrogen functional groups attached to an aromatic ring is 1. The van der Waals surface area contributed by atoms with Crippen LogP contribution in [-0.4, -0.2) is 34.1 Å². The Morgan fingerprint density at radius 2 is 2.24 bits per heavy atom. The van der Waals surface area contributed by atoms with Gasteiger partial charge in [0.15, 0.2) is 0 Å². The van der Waals surface area contributed by atoms with Crippen molar-refractivity contribution in [2.75, 3.05) is 18.9 Å². The van der Waals surface area contributed by atoms with Crippen LogP contribution in [0.4, 0.5) is 5.69 Å². The maximum atomic E-state index is 11.8. The van der Waals surface area contributed by atoms with Gasteiger partial charge in [-0.1, -0.05) is 0 Å². The molecule has 2 heterocycles. The summed E-state index contributed by atoms with van der Waals surface area (Å²) in [4.78, 5) is 21.0. The lowest BCUT2D eigenvalue weighted by molar-refractivity contribution is 0.0956. The fraction of sp³-hybridized carbons (Fsp3) is 0.300. The number of nitrogens with zero attached hydrogens (tertiary/aromatic N) is 2. The van der Waals surface area contributed by atoms with Crippen molar-refractivity contribution in [1.82, 2.24) is 15.3 Å². The third kappa shape index (κ3) is 2.34. The van der Waals surface area contributed by atoms with Crippen molar-refractivity contribution < 1.29 is 9.90 Å². The Morgan fingerprint density at radius 3 is 2.94 bits per heavy atom. The number of aliphatic hydroxyl groups excluding tert-OH is 1. The highest BCUT2D eigenvalue weighted by atomic mass is 32.1. The number of carbonyl (C=O) groups is 1. The van der Waals surface area contributed by atoms with Crippen LogP contribution in [0.1, 0.15) is 16.1 Å². The topological polar surface area (TPSA) is 101 Å². The van der Waals surface area contributed by atoms with Gasteiger partial charge in [0.25, 0.3) is 5.91 Å². The number of nitrogens with two attached hydrogens (primary N) is 1. The molecule has 1 amide bonds. The number of fused-ring (bicyclic) bond motifs is 1. The van der Waals surface area contributed by atoms with E-state index in [0.29, 0.717) is 33.9 Å². The molecule has 0 bridgehead atoms. The summed E-state index contributed by atoms with van der Waals surface area (Å²) in [5, 5.41) is 11.3. The predicted octanol–water partition coefficient (Wildman–Crippen LogP) is 0.386. The first-order valence-corrected chi connectivity index (χ1v) is 5.93. The van der Waals surface area contributed by atoms with E-state index in [-0.39, 0.29) is 12.5 Å². The number of thiophene rings is 1. The molecular formula is C10H12N4O2S. The highest BCUT2D eigenvalue weighted by Gasteiger charge is 2.17. The van der Waals surface area contributed by atoms with Gasteiger partial charge in [-0.05, 0) is 6.42 Å². The SMILES string of the molecule is Nc1c(C(=O)NCCCO)sc2nccnc12. The molecule has 0 unspecified atom stereocenters. The number of aliphatic hydroxyl groups is 1. The van der Waals surface area contributed by atoms with Crippen LogP contribution in [0.25, 0.3) is 10.3 Å². The zero-order chi connectivity index (χ0) is 12.3. The van der Waals surface area contributed by atoms with Gasteiger partial charge in [-0.15, -0.1) is 11.3 Å². The van der Waals surface area contributed by atoms with Gasteiger partial charge >= 0.3 is 0 Å². The van der Waals surface area contributed by atoms with Crippen molar-refractivity contribution in [2.45, 2.75) is 6.42 Å². The fourth-order valence-electron chi connectivity index (χ4n) is 1.37. The smallest absolute Gasteiger partial charge is 0.263 e. The third-order valence-electron chi connectivity index (χ3n) is 2.19. The van der Waals surface area contributed by atoms with Crippen molar-refractivity contribution in [1.29, 1.82) is 0 Å². The fourth-order valence-corrected chi connectivity index (χ4v) is 2.31. The Bertz CT molecular complexity index is 540. The lowest BCUT2D eigenvalue weighted by Crippen LogP contribution is -2.24. The molecule has 6 nitrogen and oxygen atoms in total. The Hall–Kier alpha value is -1.73. The molecule has 0 atom stereocenters. The highest BCUT2D eigenvalue weighted by Crippen LogP contribution is 2.30. The van der Waals surface area contributed by atoms with E-state index in [0.717, 1.165) is 0 Å². The quantitative estimate of drug-likeness (QED) is 0.683. The van der Waals surface area contributed by atoms with Crippen LogP contribution >= 0.6 is 11.3 Å². The second-order valence-electron chi connectivity index (χ2n) is 3.39. The molecule has 2 aromatic rings. The molecule has 0 radical (unpaired) electrons. The molecule has 2 rings (SSSR count). The summed E-state index contributed by atoms with van der Waals surface area (Å²) >= 11 is 1.22. The van der Waals surface area contributed by atoms with Crippen LogP contribution in [0.2, 0.25) is 0 Å². The number of hydrogen-bond donors (Lipinski definition) is 3. The van der Waals surface area contributed by atoms with Gasteiger partial charge in [-0.2, -0.15) is 0 Å². The molecule has 90 valence electrons. The van der Waals surface area contributed by atoms with E-state index >= 15 is 0 Å². The minimum Gasteiger partial charge on any atom is -0.396 e. The predicted molar refractivity (Wildman–Crippen MR) is 65.9 cm³/mol. The van der Waals surface area contributed by atoms with E-state index in [1.807, 2.05) is 0 Å². The van der Waals surface area contributed by atoms with Crippen LogP contribution in [0, 0.1) is 0 Å². The van der Waals surface area contributed by atoms with Gasteiger partial charge < -0.3 is 16.2 Å². The van der Waals surface area contributed by atoms with Crippen molar-refractivity contribution in [3.05, 3.63) is 17.3 Å². The summed E-state index contributed by atoms with van der Waals surface area (Å²) in [6, 6.07) is 0. The summed E-state index contributed by atoms with van der Waals surface area (Å²) in [5.41, 5.74) is 6.76. The van der Waals surface area contributed by atoms with E-state index in [2.05, 4.69) is 15.3 Å². The summed E-state index contributed by atoms with van der Waals surface area (Å²) in [6.45, 7) is 0.467. The molecule has 4 N–H and O–H groups in total. The molecule has 17 heavy (non-hydrogen) atoms.